The van der Waals surface area contributed by atoms with Crippen molar-refractivity contribution < 1.29 is 0 Å². The molecule has 0 bridgehead atoms. The number of hydrogen-bond donors (Lipinski definition) is 0. The number of rotatable bonds is 7. The minimum absolute atomic E-state index is 0.518. The van der Waals surface area contributed by atoms with E-state index < -0.39 is 5.41 Å². The smallest absolute Gasteiger partial charge is 0.0714 e. The van der Waals surface area contributed by atoms with Crippen molar-refractivity contribution in [1.29, 1.82) is 0 Å². The predicted octanol–water partition coefficient (Wildman–Crippen LogP) is 18.6. The Labute approximate surface area is 407 Å². The lowest BCUT2D eigenvalue weighted by molar-refractivity contribution is 0.768. The number of benzene rings is 13. The molecule has 0 fully saturated rings. The van der Waals surface area contributed by atoms with Crippen molar-refractivity contribution in [1.82, 2.24) is 0 Å². The van der Waals surface area contributed by atoms with Gasteiger partial charge < -0.3 is 4.90 Å². The van der Waals surface area contributed by atoms with Crippen LogP contribution in [0.5, 0.6) is 0 Å². The molecule has 326 valence electrons. The van der Waals surface area contributed by atoms with Crippen LogP contribution in [-0.4, -0.2) is 0 Å². The lowest BCUT2D eigenvalue weighted by Gasteiger charge is -2.35. The maximum atomic E-state index is 2.46. The summed E-state index contributed by atoms with van der Waals surface area (Å²) in [7, 11) is 0. The van der Waals surface area contributed by atoms with Crippen LogP contribution in [0, 0.1) is 0 Å². The third kappa shape index (κ3) is 6.18. The molecular formula is C69H45N. The third-order valence-corrected chi connectivity index (χ3v) is 15.1. The first-order chi connectivity index (χ1) is 34.7. The molecule has 13 aromatic carbocycles. The highest BCUT2D eigenvalue weighted by atomic mass is 15.1. The lowest BCUT2D eigenvalue weighted by Crippen LogP contribution is -2.28. The van der Waals surface area contributed by atoms with Crippen LogP contribution in [-0.2, 0) is 5.41 Å². The van der Waals surface area contributed by atoms with Crippen molar-refractivity contribution in [3.8, 4) is 33.4 Å². The molecule has 0 heterocycles. The molecule has 0 unspecified atom stereocenters. The van der Waals surface area contributed by atoms with E-state index in [0.29, 0.717) is 0 Å². The molecule has 0 aromatic heterocycles. The number of nitrogens with zero attached hydrogens (tertiary/aromatic N) is 1. The fourth-order valence-electron chi connectivity index (χ4n) is 11.9. The van der Waals surface area contributed by atoms with Crippen molar-refractivity contribution in [3.05, 3.63) is 295 Å². The molecular weight excluding hydrogens is 843 g/mol. The molecule has 0 atom stereocenters. The van der Waals surface area contributed by atoms with Crippen LogP contribution in [0.25, 0.3) is 87.2 Å². The largest absolute Gasteiger partial charge is 0.310 e. The zero-order valence-electron chi connectivity index (χ0n) is 38.4. The summed E-state index contributed by atoms with van der Waals surface area (Å²) >= 11 is 0. The van der Waals surface area contributed by atoms with E-state index in [1.807, 2.05) is 0 Å². The van der Waals surface area contributed by atoms with Crippen molar-refractivity contribution >= 4 is 70.9 Å². The first-order valence-corrected chi connectivity index (χ1v) is 24.3. The normalized spacial score (nSPS) is 12.7. The Bertz CT molecular complexity index is 4080. The SMILES string of the molecule is c1ccc(C2(c3ccccc3)c3ccccc3-c3ccc(N(c4ccc(-c5ccc6ccc7ccccc7c6c5)cc4)c4ccc(-c5ccc6c7ccccc7c7ccccc7c6c5)cc4)cc32)cc1. The van der Waals surface area contributed by atoms with Crippen molar-refractivity contribution in [3.63, 3.8) is 0 Å². The molecule has 0 aliphatic heterocycles. The van der Waals surface area contributed by atoms with Crippen LogP contribution in [0.15, 0.2) is 273 Å². The van der Waals surface area contributed by atoms with E-state index in [4.69, 9.17) is 0 Å². The Kier molecular flexibility index (Phi) is 9.19. The molecule has 14 rings (SSSR count). The van der Waals surface area contributed by atoms with Crippen LogP contribution in [0.3, 0.4) is 0 Å². The second kappa shape index (κ2) is 16.0. The zero-order valence-corrected chi connectivity index (χ0v) is 38.4. The summed E-state index contributed by atoms with van der Waals surface area (Å²) in [4.78, 5) is 2.44. The van der Waals surface area contributed by atoms with E-state index in [2.05, 4.69) is 278 Å². The van der Waals surface area contributed by atoms with Crippen LogP contribution in [0.1, 0.15) is 22.3 Å². The summed E-state index contributed by atoms with van der Waals surface area (Å²) in [6.07, 6.45) is 0. The van der Waals surface area contributed by atoms with Crippen LogP contribution in [0.2, 0.25) is 0 Å². The number of anilines is 3. The Morgan fingerprint density at radius 1 is 0.229 bits per heavy atom. The molecule has 13 aromatic rings. The highest BCUT2D eigenvalue weighted by Crippen LogP contribution is 2.57. The zero-order chi connectivity index (χ0) is 46.2. The lowest BCUT2D eigenvalue weighted by atomic mass is 9.67. The molecule has 0 saturated carbocycles. The third-order valence-electron chi connectivity index (χ3n) is 15.1. The monoisotopic (exact) mass is 887 g/mol. The Hall–Kier alpha value is -9.04. The van der Waals surface area contributed by atoms with Crippen LogP contribution >= 0.6 is 0 Å². The number of fused-ring (bicyclic) bond motifs is 12. The van der Waals surface area contributed by atoms with Crippen LogP contribution in [0.4, 0.5) is 17.1 Å². The van der Waals surface area contributed by atoms with E-state index in [1.54, 1.807) is 0 Å². The van der Waals surface area contributed by atoms with Crippen molar-refractivity contribution in [2.45, 2.75) is 5.41 Å². The van der Waals surface area contributed by atoms with Gasteiger partial charge in [-0.25, -0.2) is 0 Å². The molecule has 0 N–H and O–H groups in total. The first kappa shape index (κ1) is 40.1. The summed E-state index contributed by atoms with van der Waals surface area (Å²) in [5.74, 6) is 0. The van der Waals surface area contributed by atoms with Gasteiger partial charge in [-0.3, -0.25) is 0 Å². The summed E-state index contributed by atoms with van der Waals surface area (Å²) in [6.45, 7) is 0. The summed E-state index contributed by atoms with van der Waals surface area (Å²) in [5, 5.41) is 12.8. The summed E-state index contributed by atoms with van der Waals surface area (Å²) in [5.41, 5.74) is 15.2. The topological polar surface area (TPSA) is 3.24 Å². The van der Waals surface area contributed by atoms with Gasteiger partial charge in [0.1, 0.15) is 0 Å². The van der Waals surface area contributed by atoms with Gasteiger partial charge in [-0.2, -0.15) is 0 Å². The molecule has 0 saturated heterocycles. The molecule has 1 heteroatoms. The average Bonchev–Trinajstić information content (AvgIpc) is 3.74. The average molecular weight is 888 g/mol. The van der Waals surface area contributed by atoms with Gasteiger partial charge in [0.2, 0.25) is 0 Å². The Morgan fingerprint density at radius 2 is 0.643 bits per heavy atom. The highest BCUT2D eigenvalue weighted by molar-refractivity contribution is 6.25. The standard InChI is InChI=1S/C69H45N/c1-3-16-52(17-4-1)69(53-18-5-2-6-19-53)67-26-14-13-25-63(67)64-42-40-56(45-68(64)69)70(54-36-31-46(32-37-54)50-30-29-49-28-27-48-15-7-8-20-57(48)65(49)43-50)55-38-33-47(34-39-55)51-35-41-62-60-23-10-9-21-58(60)59-22-11-12-24-61(59)66(62)44-51/h1-45H. The first-order valence-electron chi connectivity index (χ1n) is 24.3. The molecule has 1 aliphatic carbocycles. The van der Waals surface area contributed by atoms with E-state index in [-0.39, 0.29) is 0 Å². The van der Waals surface area contributed by atoms with Gasteiger partial charge in [-0.05, 0) is 158 Å². The van der Waals surface area contributed by atoms with Crippen molar-refractivity contribution in [2.75, 3.05) is 4.90 Å². The van der Waals surface area contributed by atoms with Gasteiger partial charge in [0.15, 0.2) is 0 Å². The van der Waals surface area contributed by atoms with Crippen molar-refractivity contribution in [2.24, 2.45) is 0 Å². The maximum absolute atomic E-state index is 2.46. The van der Waals surface area contributed by atoms with Gasteiger partial charge in [0.05, 0.1) is 5.41 Å². The van der Waals surface area contributed by atoms with E-state index in [1.165, 1.54) is 109 Å². The van der Waals surface area contributed by atoms with E-state index in [9.17, 15) is 0 Å². The summed E-state index contributed by atoms with van der Waals surface area (Å²) < 4.78 is 0. The fourth-order valence-corrected chi connectivity index (χ4v) is 11.9. The van der Waals surface area contributed by atoms with Gasteiger partial charge in [-0.15, -0.1) is 0 Å². The van der Waals surface area contributed by atoms with Gasteiger partial charge in [-0.1, -0.05) is 224 Å². The Balaban J connectivity index is 0.932. The maximum Gasteiger partial charge on any atom is 0.0714 e. The summed E-state index contributed by atoms with van der Waals surface area (Å²) in [6, 6.07) is 101. The second-order valence-corrected chi connectivity index (χ2v) is 18.8. The Morgan fingerprint density at radius 3 is 1.26 bits per heavy atom. The van der Waals surface area contributed by atoms with Gasteiger partial charge in [0, 0.05) is 17.1 Å². The fraction of sp³-hybridized carbons (Fsp3) is 0.0145. The van der Waals surface area contributed by atoms with Gasteiger partial charge in [0.25, 0.3) is 0 Å². The second-order valence-electron chi connectivity index (χ2n) is 18.8. The highest BCUT2D eigenvalue weighted by Gasteiger charge is 2.46. The molecule has 0 spiro atoms. The number of hydrogen-bond acceptors (Lipinski definition) is 1. The van der Waals surface area contributed by atoms with E-state index in [0.717, 1.165) is 17.1 Å². The quantitative estimate of drug-likeness (QED) is 0.144. The van der Waals surface area contributed by atoms with E-state index >= 15 is 0 Å². The van der Waals surface area contributed by atoms with Gasteiger partial charge >= 0.3 is 0 Å². The molecule has 0 amide bonds. The molecule has 70 heavy (non-hydrogen) atoms. The minimum atomic E-state index is -0.518. The molecule has 1 nitrogen and oxygen atoms in total. The minimum Gasteiger partial charge on any atom is -0.310 e. The molecule has 0 radical (unpaired) electrons. The molecule has 1 aliphatic rings. The predicted molar refractivity (Wildman–Crippen MR) is 297 cm³/mol. The van der Waals surface area contributed by atoms with Crippen LogP contribution < -0.4 is 4.90 Å².